The Morgan fingerprint density at radius 1 is 1.11 bits per heavy atom. The number of anilines is 1. The zero-order chi connectivity index (χ0) is 20.0. The maximum atomic E-state index is 12.8. The third kappa shape index (κ3) is 5.89. The number of nitrogens with one attached hydrogen (secondary N) is 1. The Bertz CT molecular complexity index is 805. The molecule has 0 bridgehead atoms. The Kier molecular flexibility index (Phi) is 6.41. The van der Waals surface area contributed by atoms with Crippen molar-refractivity contribution in [3.05, 3.63) is 59.9 Å². The monoisotopic (exact) mass is 379 g/mol. The second kappa shape index (κ2) is 8.97. The molecule has 6 nitrogen and oxygen atoms in total. The summed E-state index contributed by atoms with van der Waals surface area (Å²) in [7, 11) is 0. The van der Waals surface area contributed by atoms with Crippen LogP contribution in [0.1, 0.15) is 36.8 Å². The lowest BCUT2D eigenvalue weighted by Gasteiger charge is -2.34. The number of hydrogen-bond donors (Lipinski definition) is 1. The van der Waals surface area contributed by atoms with Crippen molar-refractivity contribution in [1.29, 1.82) is 0 Å². The van der Waals surface area contributed by atoms with Gasteiger partial charge in [-0.3, -0.25) is 9.69 Å². The van der Waals surface area contributed by atoms with Gasteiger partial charge < -0.3 is 10.2 Å². The minimum Gasteiger partial charge on any atom is -0.350 e. The molecule has 0 saturated carbocycles. The van der Waals surface area contributed by atoms with Crippen molar-refractivity contribution in [3.8, 4) is 0 Å². The number of piperazine rings is 1. The fourth-order valence-electron chi connectivity index (χ4n) is 3.07. The van der Waals surface area contributed by atoms with E-state index in [0.29, 0.717) is 24.7 Å². The molecule has 1 aliphatic rings. The summed E-state index contributed by atoms with van der Waals surface area (Å²) >= 11 is 0. The summed E-state index contributed by atoms with van der Waals surface area (Å²) in [5.74, 6) is 0.460. The first-order valence-electron chi connectivity index (χ1n) is 9.75. The van der Waals surface area contributed by atoms with Crippen molar-refractivity contribution in [2.24, 2.45) is 0 Å². The van der Waals surface area contributed by atoms with Crippen LogP contribution >= 0.6 is 0 Å². The molecule has 1 aromatic heterocycles. The van der Waals surface area contributed by atoms with Crippen LogP contribution in [0.15, 0.2) is 48.7 Å². The molecule has 0 atom stereocenters. The molecule has 1 fully saturated rings. The normalized spacial score (nSPS) is 15.8. The number of carbonyl (C=O) groups is 1. The summed E-state index contributed by atoms with van der Waals surface area (Å²) in [5.41, 5.74) is 1.50. The van der Waals surface area contributed by atoms with Gasteiger partial charge in [0.15, 0.2) is 0 Å². The Morgan fingerprint density at radius 3 is 2.50 bits per heavy atom. The number of amides is 1. The van der Waals surface area contributed by atoms with Gasteiger partial charge in [-0.05, 0) is 32.4 Å². The van der Waals surface area contributed by atoms with E-state index < -0.39 is 0 Å². The van der Waals surface area contributed by atoms with Crippen molar-refractivity contribution in [2.45, 2.75) is 26.3 Å². The van der Waals surface area contributed by atoms with Crippen molar-refractivity contribution >= 4 is 17.9 Å². The van der Waals surface area contributed by atoms with Crippen LogP contribution in [-0.4, -0.2) is 63.9 Å². The summed E-state index contributed by atoms with van der Waals surface area (Å²) in [5, 5.41) is 3.21. The third-order valence-electron chi connectivity index (χ3n) is 4.49. The number of hydrogen-bond acceptors (Lipinski definition) is 5. The topological polar surface area (TPSA) is 61.4 Å². The molecule has 1 amide bonds. The highest BCUT2D eigenvalue weighted by atomic mass is 16.2. The average Bonchev–Trinajstić information content (AvgIpc) is 2.68. The SMILES string of the molecule is CC(C)(C)Nc1nccc(C(=O)N2CCN(C/C=C/c3ccccc3)CC2)n1. The highest BCUT2D eigenvalue weighted by Crippen LogP contribution is 2.12. The molecule has 148 valence electrons. The van der Waals surface area contributed by atoms with Crippen LogP contribution in [0.3, 0.4) is 0 Å². The van der Waals surface area contributed by atoms with E-state index in [2.05, 4.69) is 44.5 Å². The van der Waals surface area contributed by atoms with Gasteiger partial charge in [0.05, 0.1) is 0 Å². The smallest absolute Gasteiger partial charge is 0.272 e. The highest BCUT2D eigenvalue weighted by Gasteiger charge is 2.23. The van der Waals surface area contributed by atoms with E-state index in [-0.39, 0.29) is 11.4 Å². The molecule has 0 spiro atoms. The summed E-state index contributed by atoms with van der Waals surface area (Å²) in [4.78, 5) is 25.6. The standard InChI is InChI=1S/C22H29N5O/c1-22(2,3)25-21-23-12-11-19(24-21)20(28)27-16-14-26(15-17-27)13-7-10-18-8-5-4-6-9-18/h4-12H,13-17H2,1-3H3,(H,23,24,25)/b10-7+. The van der Waals surface area contributed by atoms with Crippen molar-refractivity contribution in [1.82, 2.24) is 19.8 Å². The fourth-order valence-corrected chi connectivity index (χ4v) is 3.07. The van der Waals surface area contributed by atoms with Crippen LogP contribution < -0.4 is 5.32 Å². The summed E-state index contributed by atoms with van der Waals surface area (Å²) in [6.07, 6.45) is 5.96. The lowest BCUT2D eigenvalue weighted by atomic mass is 10.1. The molecule has 0 radical (unpaired) electrons. The van der Waals surface area contributed by atoms with Gasteiger partial charge in [0, 0.05) is 44.5 Å². The van der Waals surface area contributed by atoms with Gasteiger partial charge >= 0.3 is 0 Å². The van der Waals surface area contributed by atoms with E-state index >= 15 is 0 Å². The molecule has 0 aliphatic carbocycles. The quantitative estimate of drug-likeness (QED) is 0.865. The number of aromatic nitrogens is 2. The Labute approximate surface area is 167 Å². The molecular formula is C22H29N5O. The van der Waals surface area contributed by atoms with Gasteiger partial charge in [-0.15, -0.1) is 0 Å². The van der Waals surface area contributed by atoms with Gasteiger partial charge in [-0.2, -0.15) is 0 Å². The van der Waals surface area contributed by atoms with E-state index in [4.69, 9.17) is 0 Å². The van der Waals surface area contributed by atoms with Gasteiger partial charge in [0.1, 0.15) is 5.69 Å². The molecule has 1 saturated heterocycles. The zero-order valence-corrected chi connectivity index (χ0v) is 16.9. The van der Waals surface area contributed by atoms with E-state index in [1.807, 2.05) is 43.9 Å². The molecule has 2 heterocycles. The first-order valence-corrected chi connectivity index (χ1v) is 9.75. The lowest BCUT2D eigenvalue weighted by Crippen LogP contribution is -2.48. The van der Waals surface area contributed by atoms with Crippen LogP contribution in [0.2, 0.25) is 0 Å². The predicted molar refractivity (Wildman–Crippen MR) is 113 cm³/mol. The molecule has 2 aromatic rings. The first kappa shape index (κ1) is 20.0. The van der Waals surface area contributed by atoms with E-state index in [1.54, 1.807) is 12.3 Å². The minimum atomic E-state index is -0.152. The predicted octanol–water partition coefficient (Wildman–Crippen LogP) is 3.16. The average molecular weight is 380 g/mol. The Balaban J connectivity index is 1.51. The third-order valence-corrected chi connectivity index (χ3v) is 4.49. The summed E-state index contributed by atoms with van der Waals surface area (Å²) in [6.45, 7) is 10.2. The summed E-state index contributed by atoms with van der Waals surface area (Å²) < 4.78 is 0. The number of carbonyl (C=O) groups excluding carboxylic acids is 1. The number of benzene rings is 1. The second-order valence-corrected chi connectivity index (χ2v) is 8.05. The Morgan fingerprint density at radius 2 is 1.82 bits per heavy atom. The molecule has 3 rings (SSSR count). The first-order chi connectivity index (χ1) is 13.4. The molecular weight excluding hydrogens is 350 g/mol. The van der Waals surface area contributed by atoms with Crippen LogP contribution in [0.25, 0.3) is 6.08 Å². The van der Waals surface area contributed by atoms with Crippen molar-refractivity contribution in [3.63, 3.8) is 0 Å². The minimum absolute atomic E-state index is 0.0289. The van der Waals surface area contributed by atoms with Crippen LogP contribution in [0.4, 0.5) is 5.95 Å². The maximum absolute atomic E-state index is 12.8. The van der Waals surface area contributed by atoms with Crippen molar-refractivity contribution < 1.29 is 4.79 Å². The fraction of sp³-hybridized carbons (Fsp3) is 0.409. The second-order valence-electron chi connectivity index (χ2n) is 8.05. The molecule has 1 N–H and O–H groups in total. The molecule has 1 aromatic carbocycles. The van der Waals surface area contributed by atoms with Gasteiger partial charge in [0.2, 0.25) is 5.95 Å². The zero-order valence-electron chi connectivity index (χ0n) is 16.9. The number of nitrogens with zero attached hydrogens (tertiary/aromatic N) is 4. The van der Waals surface area contributed by atoms with Crippen molar-refractivity contribution in [2.75, 3.05) is 38.0 Å². The van der Waals surface area contributed by atoms with Gasteiger partial charge in [-0.1, -0.05) is 42.5 Å². The molecule has 6 heteroatoms. The molecule has 28 heavy (non-hydrogen) atoms. The van der Waals surface area contributed by atoms with E-state index in [1.165, 1.54) is 5.56 Å². The maximum Gasteiger partial charge on any atom is 0.272 e. The van der Waals surface area contributed by atoms with Gasteiger partial charge in [-0.25, -0.2) is 9.97 Å². The van der Waals surface area contributed by atoms with Crippen LogP contribution in [0, 0.1) is 0 Å². The van der Waals surface area contributed by atoms with E-state index in [9.17, 15) is 4.79 Å². The highest BCUT2D eigenvalue weighted by molar-refractivity contribution is 5.92. The summed E-state index contributed by atoms with van der Waals surface area (Å²) in [6, 6.07) is 12.0. The lowest BCUT2D eigenvalue weighted by molar-refractivity contribution is 0.0644. The number of rotatable bonds is 5. The largest absolute Gasteiger partial charge is 0.350 e. The molecule has 0 unspecified atom stereocenters. The van der Waals surface area contributed by atoms with E-state index in [0.717, 1.165) is 19.6 Å². The van der Waals surface area contributed by atoms with Crippen LogP contribution in [-0.2, 0) is 0 Å². The van der Waals surface area contributed by atoms with Gasteiger partial charge in [0.25, 0.3) is 5.91 Å². The molecule has 1 aliphatic heterocycles. The Hall–Kier alpha value is -2.73. The van der Waals surface area contributed by atoms with Crippen LogP contribution in [0.5, 0.6) is 0 Å².